The second kappa shape index (κ2) is 7.75. The zero-order chi connectivity index (χ0) is 16.0. The number of nitrogens with two attached hydrogens (primary N) is 1. The van der Waals surface area contributed by atoms with Gasteiger partial charge in [0.15, 0.2) is 5.03 Å². The van der Waals surface area contributed by atoms with Crippen LogP contribution in [0, 0.1) is 11.8 Å². The molecule has 0 aliphatic heterocycles. The minimum atomic E-state index is -3.63. The first kappa shape index (κ1) is 17.9. The lowest BCUT2D eigenvalue weighted by atomic mass is 10.1. The average molecular weight is 313 g/mol. The molecule has 1 aromatic heterocycles. The summed E-state index contributed by atoms with van der Waals surface area (Å²) in [6.07, 6.45) is 3.11. The van der Waals surface area contributed by atoms with E-state index < -0.39 is 10.0 Å². The fourth-order valence-corrected chi connectivity index (χ4v) is 3.39. The maximum atomic E-state index is 12.8. The predicted molar refractivity (Wildman–Crippen MR) is 86.3 cm³/mol. The van der Waals surface area contributed by atoms with Crippen LogP contribution < -0.4 is 5.73 Å². The monoisotopic (exact) mass is 313 g/mol. The largest absolute Gasteiger partial charge is 0.396 e. The van der Waals surface area contributed by atoms with E-state index in [1.807, 2.05) is 0 Å². The van der Waals surface area contributed by atoms with Crippen LogP contribution in [0.3, 0.4) is 0 Å². The summed E-state index contributed by atoms with van der Waals surface area (Å²) in [5.74, 6) is 0.894. The van der Waals surface area contributed by atoms with E-state index in [0.29, 0.717) is 24.9 Å². The molecule has 1 aromatic rings. The van der Waals surface area contributed by atoms with Crippen LogP contribution >= 0.6 is 0 Å². The highest BCUT2D eigenvalue weighted by molar-refractivity contribution is 7.89. The van der Waals surface area contributed by atoms with Gasteiger partial charge in [-0.1, -0.05) is 27.7 Å². The van der Waals surface area contributed by atoms with Crippen molar-refractivity contribution in [1.29, 1.82) is 0 Å². The van der Waals surface area contributed by atoms with Gasteiger partial charge >= 0.3 is 0 Å². The molecule has 1 rings (SSSR count). The molecule has 0 aliphatic carbocycles. The Kier molecular flexibility index (Phi) is 6.61. The Balaban J connectivity index is 3.01. The van der Waals surface area contributed by atoms with E-state index in [9.17, 15) is 8.42 Å². The van der Waals surface area contributed by atoms with E-state index in [4.69, 9.17) is 5.73 Å². The van der Waals surface area contributed by atoms with Gasteiger partial charge in [0.2, 0.25) is 0 Å². The molecule has 5 nitrogen and oxygen atoms in total. The van der Waals surface area contributed by atoms with Gasteiger partial charge in [-0.25, -0.2) is 13.4 Å². The Morgan fingerprint density at radius 1 is 1.14 bits per heavy atom. The van der Waals surface area contributed by atoms with Crippen LogP contribution in [-0.4, -0.2) is 30.8 Å². The summed E-state index contributed by atoms with van der Waals surface area (Å²) in [6, 6.07) is 3.21. The van der Waals surface area contributed by atoms with Crippen molar-refractivity contribution in [2.75, 3.05) is 18.8 Å². The molecule has 0 fully saturated rings. The lowest BCUT2D eigenvalue weighted by Gasteiger charge is -2.23. The van der Waals surface area contributed by atoms with E-state index in [-0.39, 0.29) is 10.7 Å². The third kappa shape index (κ3) is 5.28. The molecular weight excluding hydrogens is 286 g/mol. The standard InChI is InChI=1S/C15H27N3O2S/c1-12(2)7-10-18(11-8-13(3)4)21(19,20)15-14(16)6-5-9-17-15/h5-6,9,12-13H,7-8,10-11,16H2,1-4H3. The van der Waals surface area contributed by atoms with Crippen molar-refractivity contribution in [3.05, 3.63) is 18.3 Å². The van der Waals surface area contributed by atoms with Crippen molar-refractivity contribution >= 4 is 15.7 Å². The Labute approximate surface area is 128 Å². The molecule has 0 radical (unpaired) electrons. The summed E-state index contributed by atoms with van der Waals surface area (Å²) < 4.78 is 27.0. The Morgan fingerprint density at radius 2 is 1.67 bits per heavy atom. The lowest BCUT2D eigenvalue weighted by Crippen LogP contribution is -2.35. The van der Waals surface area contributed by atoms with E-state index in [1.165, 1.54) is 10.5 Å². The number of anilines is 1. The van der Waals surface area contributed by atoms with E-state index in [2.05, 4.69) is 32.7 Å². The summed E-state index contributed by atoms with van der Waals surface area (Å²) in [4.78, 5) is 3.97. The first-order valence-electron chi connectivity index (χ1n) is 7.45. The molecule has 6 heteroatoms. The SMILES string of the molecule is CC(C)CCN(CCC(C)C)S(=O)(=O)c1ncccc1N. The maximum Gasteiger partial charge on any atom is 0.262 e. The first-order valence-corrected chi connectivity index (χ1v) is 8.89. The fraction of sp³-hybridized carbons (Fsp3) is 0.667. The van der Waals surface area contributed by atoms with Crippen LogP contribution in [0.1, 0.15) is 40.5 Å². The number of pyridine rings is 1. The van der Waals surface area contributed by atoms with E-state index >= 15 is 0 Å². The van der Waals surface area contributed by atoms with Gasteiger partial charge in [-0.2, -0.15) is 4.31 Å². The molecule has 0 bridgehead atoms. The minimum Gasteiger partial charge on any atom is -0.396 e. The topological polar surface area (TPSA) is 76.3 Å². The summed E-state index contributed by atoms with van der Waals surface area (Å²) in [5, 5.41) is -0.0301. The second-order valence-corrected chi connectivity index (χ2v) is 8.02. The van der Waals surface area contributed by atoms with Crippen LogP contribution in [0.5, 0.6) is 0 Å². The molecule has 0 aliphatic rings. The van der Waals surface area contributed by atoms with Crippen molar-refractivity contribution in [2.45, 2.75) is 45.6 Å². The molecule has 0 atom stereocenters. The molecule has 120 valence electrons. The fourth-order valence-electron chi connectivity index (χ4n) is 1.90. The van der Waals surface area contributed by atoms with E-state index in [0.717, 1.165) is 12.8 Å². The smallest absolute Gasteiger partial charge is 0.262 e. The molecule has 0 unspecified atom stereocenters. The van der Waals surface area contributed by atoms with Gasteiger partial charge in [0.25, 0.3) is 10.0 Å². The summed E-state index contributed by atoms with van der Waals surface area (Å²) in [5.41, 5.74) is 5.99. The van der Waals surface area contributed by atoms with Crippen LogP contribution in [0.15, 0.2) is 23.4 Å². The highest BCUT2D eigenvalue weighted by Crippen LogP contribution is 2.21. The highest BCUT2D eigenvalue weighted by atomic mass is 32.2. The third-order valence-electron chi connectivity index (χ3n) is 3.30. The lowest BCUT2D eigenvalue weighted by molar-refractivity contribution is 0.356. The molecular formula is C15H27N3O2S. The van der Waals surface area contributed by atoms with Crippen molar-refractivity contribution in [1.82, 2.24) is 9.29 Å². The number of sulfonamides is 1. The second-order valence-electron chi connectivity index (χ2n) is 6.17. The minimum absolute atomic E-state index is 0.0301. The van der Waals surface area contributed by atoms with Crippen LogP contribution in [0.4, 0.5) is 5.69 Å². The number of nitrogen functional groups attached to an aromatic ring is 1. The first-order chi connectivity index (χ1) is 9.75. The zero-order valence-electron chi connectivity index (χ0n) is 13.4. The van der Waals surface area contributed by atoms with Crippen LogP contribution in [0.2, 0.25) is 0 Å². The average Bonchev–Trinajstić information content (AvgIpc) is 2.37. The third-order valence-corrected chi connectivity index (χ3v) is 5.17. The van der Waals surface area contributed by atoms with Crippen molar-refractivity contribution in [3.8, 4) is 0 Å². The molecule has 0 saturated carbocycles. The van der Waals surface area contributed by atoms with Crippen molar-refractivity contribution in [2.24, 2.45) is 11.8 Å². The Hall–Kier alpha value is -1.14. The normalized spacial score (nSPS) is 12.5. The number of hydrogen-bond donors (Lipinski definition) is 1. The summed E-state index contributed by atoms with van der Waals surface area (Å²) in [7, 11) is -3.63. The Morgan fingerprint density at radius 3 is 2.10 bits per heavy atom. The number of nitrogens with zero attached hydrogens (tertiary/aromatic N) is 2. The van der Waals surface area contributed by atoms with Crippen LogP contribution in [-0.2, 0) is 10.0 Å². The predicted octanol–water partition coefficient (Wildman–Crippen LogP) is 2.75. The quantitative estimate of drug-likeness (QED) is 0.800. The van der Waals surface area contributed by atoms with Gasteiger partial charge in [-0.05, 0) is 36.8 Å². The molecule has 1 heterocycles. The van der Waals surface area contributed by atoms with E-state index in [1.54, 1.807) is 12.1 Å². The van der Waals surface area contributed by atoms with Crippen LogP contribution in [0.25, 0.3) is 0 Å². The van der Waals surface area contributed by atoms with Gasteiger partial charge in [-0.15, -0.1) is 0 Å². The van der Waals surface area contributed by atoms with Gasteiger partial charge in [-0.3, -0.25) is 0 Å². The molecule has 0 amide bonds. The van der Waals surface area contributed by atoms with Gasteiger partial charge < -0.3 is 5.73 Å². The van der Waals surface area contributed by atoms with Gasteiger partial charge in [0, 0.05) is 19.3 Å². The zero-order valence-corrected chi connectivity index (χ0v) is 14.2. The molecule has 0 aromatic carbocycles. The molecule has 2 N–H and O–H groups in total. The number of rotatable bonds is 8. The summed E-state index contributed by atoms with van der Waals surface area (Å²) >= 11 is 0. The van der Waals surface area contributed by atoms with Crippen molar-refractivity contribution in [3.63, 3.8) is 0 Å². The molecule has 21 heavy (non-hydrogen) atoms. The maximum absolute atomic E-state index is 12.8. The summed E-state index contributed by atoms with van der Waals surface area (Å²) in [6.45, 7) is 9.35. The molecule has 0 spiro atoms. The highest BCUT2D eigenvalue weighted by Gasteiger charge is 2.27. The molecule has 0 saturated heterocycles. The van der Waals surface area contributed by atoms with Gasteiger partial charge in [0.05, 0.1) is 5.69 Å². The number of hydrogen-bond acceptors (Lipinski definition) is 4. The van der Waals surface area contributed by atoms with Crippen molar-refractivity contribution < 1.29 is 8.42 Å². The number of aromatic nitrogens is 1. The Bertz CT molecular complexity index is 530. The van der Waals surface area contributed by atoms with Gasteiger partial charge in [0.1, 0.15) is 0 Å².